The highest BCUT2D eigenvalue weighted by molar-refractivity contribution is 6.29. The van der Waals surface area contributed by atoms with Crippen LogP contribution in [0.15, 0.2) is 6.07 Å². The minimum Gasteiger partial charge on any atom is -0.254 e. The zero-order chi connectivity index (χ0) is 10.4. The van der Waals surface area contributed by atoms with E-state index in [0.29, 0.717) is 0 Å². The Hall–Kier alpha value is -0.500. The van der Waals surface area contributed by atoms with E-state index in [1.54, 1.807) is 0 Å². The van der Waals surface area contributed by atoms with Crippen LogP contribution in [0.25, 0.3) is 0 Å². The van der Waals surface area contributed by atoms with Gasteiger partial charge in [-0.25, -0.2) is 0 Å². The molecule has 14 heavy (non-hydrogen) atoms. The Balaban J connectivity index is 2.21. The third kappa shape index (κ3) is 3.70. The van der Waals surface area contributed by atoms with Gasteiger partial charge in [-0.3, -0.25) is 4.68 Å². The second-order valence-electron chi connectivity index (χ2n) is 3.75. The van der Waals surface area contributed by atoms with Crippen molar-refractivity contribution in [2.24, 2.45) is 0 Å². The van der Waals surface area contributed by atoms with Gasteiger partial charge in [0.15, 0.2) is 0 Å². The smallest absolute Gasteiger partial charge is 0.127 e. The molecule has 0 atom stereocenters. The van der Waals surface area contributed by atoms with Crippen LogP contribution in [0.1, 0.15) is 44.7 Å². The van der Waals surface area contributed by atoms with Gasteiger partial charge in [-0.15, -0.1) is 0 Å². The third-order valence-electron chi connectivity index (χ3n) is 2.33. The summed E-state index contributed by atoms with van der Waals surface area (Å²) in [6.07, 6.45) is 6.42. The summed E-state index contributed by atoms with van der Waals surface area (Å²) in [4.78, 5) is 0. The first kappa shape index (κ1) is 11.6. The van der Waals surface area contributed by atoms with E-state index < -0.39 is 0 Å². The molecule has 80 valence electrons. The van der Waals surface area contributed by atoms with Gasteiger partial charge in [0.1, 0.15) is 5.15 Å². The van der Waals surface area contributed by atoms with E-state index in [9.17, 15) is 0 Å². The molecule has 0 saturated heterocycles. The minimum absolute atomic E-state index is 0.762. The summed E-state index contributed by atoms with van der Waals surface area (Å²) in [6, 6.07) is 1.91. The fraction of sp³-hybridized carbons (Fsp3) is 0.727. The van der Waals surface area contributed by atoms with E-state index in [1.165, 1.54) is 32.1 Å². The van der Waals surface area contributed by atoms with Gasteiger partial charge in [-0.05, 0) is 19.4 Å². The lowest BCUT2D eigenvalue weighted by Crippen LogP contribution is -2.00. The molecule has 0 aliphatic heterocycles. The van der Waals surface area contributed by atoms with Gasteiger partial charge in [0, 0.05) is 6.54 Å². The average molecular weight is 215 g/mol. The lowest BCUT2D eigenvalue weighted by Gasteiger charge is -2.02. The van der Waals surface area contributed by atoms with Gasteiger partial charge in [0.25, 0.3) is 0 Å². The third-order valence-corrected chi connectivity index (χ3v) is 2.63. The molecule has 0 N–H and O–H groups in total. The Morgan fingerprint density at radius 2 is 2.00 bits per heavy atom. The SMILES string of the molecule is CCCCCCCn1nc(C)cc1Cl. The summed E-state index contributed by atoms with van der Waals surface area (Å²) in [7, 11) is 0. The molecule has 1 aromatic rings. The predicted molar refractivity (Wildman–Crippen MR) is 60.7 cm³/mol. The quantitative estimate of drug-likeness (QED) is 0.659. The predicted octanol–water partition coefficient (Wildman–Crippen LogP) is 3.82. The molecule has 1 aromatic heterocycles. The van der Waals surface area contributed by atoms with Crippen LogP contribution >= 0.6 is 11.6 Å². The highest BCUT2D eigenvalue weighted by Gasteiger charge is 2.01. The van der Waals surface area contributed by atoms with Gasteiger partial charge in [0.05, 0.1) is 5.69 Å². The van der Waals surface area contributed by atoms with Crippen molar-refractivity contribution in [3.05, 3.63) is 16.9 Å². The largest absolute Gasteiger partial charge is 0.254 e. The molecule has 1 heterocycles. The fourth-order valence-electron chi connectivity index (χ4n) is 1.54. The van der Waals surface area contributed by atoms with E-state index in [2.05, 4.69) is 12.0 Å². The molecule has 0 aliphatic rings. The van der Waals surface area contributed by atoms with Crippen molar-refractivity contribution < 1.29 is 0 Å². The average Bonchev–Trinajstić information content (AvgIpc) is 2.45. The summed E-state index contributed by atoms with van der Waals surface area (Å²) in [6.45, 7) is 5.16. The van der Waals surface area contributed by atoms with Crippen LogP contribution in [0.4, 0.5) is 0 Å². The summed E-state index contributed by atoms with van der Waals surface area (Å²) in [5.74, 6) is 0. The number of unbranched alkanes of at least 4 members (excludes halogenated alkanes) is 4. The first-order valence-corrected chi connectivity index (χ1v) is 5.81. The van der Waals surface area contributed by atoms with Crippen LogP contribution in [0, 0.1) is 6.92 Å². The van der Waals surface area contributed by atoms with Gasteiger partial charge < -0.3 is 0 Å². The van der Waals surface area contributed by atoms with E-state index in [0.717, 1.165) is 17.4 Å². The van der Waals surface area contributed by atoms with Crippen molar-refractivity contribution in [3.63, 3.8) is 0 Å². The van der Waals surface area contributed by atoms with Gasteiger partial charge in [0.2, 0.25) is 0 Å². The number of hydrogen-bond donors (Lipinski definition) is 0. The maximum absolute atomic E-state index is 5.99. The highest BCUT2D eigenvalue weighted by atomic mass is 35.5. The lowest BCUT2D eigenvalue weighted by molar-refractivity contribution is 0.531. The highest BCUT2D eigenvalue weighted by Crippen LogP contribution is 2.12. The van der Waals surface area contributed by atoms with Gasteiger partial charge in [-0.1, -0.05) is 44.2 Å². The first-order valence-electron chi connectivity index (χ1n) is 5.44. The molecule has 0 spiro atoms. The monoisotopic (exact) mass is 214 g/mol. The number of hydrogen-bond acceptors (Lipinski definition) is 1. The van der Waals surface area contributed by atoms with Gasteiger partial charge in [-0.2, -0.15) is 5.10 Å². The summed E-state index contributed by atoms with van der Waals surface area (Å²) in [5, 5.41) is 5.07. The Morgan fingerprint density at radius 1 is 1.29 bits per heavy atom. The molecule has 0 amide bonds. The number of aromatic nitrogens is 2. The minimum atomic E-state index is 0.762. The molecule has 3 heteroatoms. The fourth-order valence-corrected chi connectivity index (χ4v) is 1.82. The summed E-state index contributed by atoms with van der Waals surface area (Å²) < 4.78 is 1.89. The number of nitrogens with zero attached hydrogens (tertiary/aromatic N) is 2. The van der Waals surface area contributed by atoms with E-state index >= 15 is 0 Å². The second kappa shape index (κ2) is 6.07. The van der Waals surface area contributed by atoms with Crippen LogP contribution in [-0.4, -0.2) is 9.78 Å². The molecule has 0 aliphatic carbocycles. The maximum Gasteiger partial charge on any atom is 0.127 e. The van der Waals surface area contributed by atoms with Crippen molar-refractivity contribution in [2.75, 3.05) is 0 Å². The first-order chi connectivity index (χ1) is 6.74. The van der Waals surface area contributed by atoms with Crippen molar-refractivity contribution >= 4 is 11.6 Å². The Labute approximate surface area is 91.3 Å². The van der Waals surface area contributed by atoms with Crippen molar-refractivity contribution in [2.45, 2.75) is 52.5 Å². The van der Waals surface area contributed by atoms with E-state index in [-0.39, 0.29) is 0 Å². The van der Waals surface area contributed by atoms with Crippen molar-refractivity contribution in [1.29, 1.82) is 0 Å². The Morgan fingerprint density at radius 3 is 2.57 bits per heavy atom. The molecule has 0 aromatic carbocycles. The molecule has 0 saturated carbocycles. The van der Waals surface area contributed by atoms with Crippen molar-refractivity contribution in [1.82, 2.24) is 9.78 Å². The van der Waals surface area contributed by atoms with E-state index in [4.69, 9.17) is 11.6 Å². The molecule has 0 radical (unpaired) electrons. The summed E-state index contributed by atoms with van der Waals surface area (Å²) in [5.41, 5.74) is 1.00. The molecule has 0 fully saturated rings. The molecule has 1 rings (SSSR count). The Kier molecular flexibility index (Phi) is 5.02. The molecule has 0 bridgehead atoms. The van der Waals surface area contributed by atoms with Crippen LogP contribution in [0.5, 0.6) is 0 Å². The van der Waals surface area contributed by atoms with Crippen LogP contribution in [0.3, 0.4) is 0 Å². The van der Waals surface area contributed by atoms with Crippen LogP contribution < -0.4 is 0 Å². The molecular formula is C11H19ClN2. The number of aryl methyl sites for hydroxylation is 2. The topological polar surface area (TPSA) is 17.8 Å². The standard InChI is InChI=1S/C11H19ClN2/c1-3-4-5-6-7-8-14-11(12)9-10(2)13-14/h9H,3-8H2,1-2H3. The van der Waals surface area contributed by atoms with Gasteiger partial charge >= 0.3 is 0 Å². The molecular weight excluding hydrogens is 196 g/mol. The van der Waals surface area contributed by atoms with Crippen molar-refractivity contribution in [3.8, 4) is 0 Å². The second-order valence-corrected chi connectivity index (χ2v) is 4.13. The van der Waals surface area contributed by atoms with Crippen LogP contribution in [-0.2, 0) is 6.54 Å². The maximum atomic E-state index is 5.99. The van der Waals surface area contributed by atoms with Crippen LogP contribution in [0.2, 0.25) is 5.15 Å². The molecule has 2 nitrogen and oxygen atoms in total. The number of halogens is 1. The summed E-state index contributed by atoms with van der Waals surface area (Å²) >= 11 is 5.99. The zero-order valence-electron chi connectivity index (χ0n) is 9.09. The lowest BCUT2D eigenvalue weighted by atomic mass is 10.1. The van der Waals surface area contributed by atoms with E-state index in [1.807, 2.05) is 17.7 Å². The number of rotatable bonds is 6. The Bertz CT molecular complexity index is 268. The normalized spacial score (nSPS) is 10.8. The molecule has 0 unspecified atom stereocenters. The zero-order valence-corrected chi connectivity index (χ0v) is 9.85.